The van der Waals surface area contributed by atoms with Crippen LogP contribution >= 0.6 is 0 Å². The van der Waals surface area contributed by atoms with Gasteiger partial charge in [0.15, 0.2) is 5.82 Å². The highest BCUT2D eigenvalue weighted by molar-refractivity contribution is 7.79. The SMILES string of the molecule is C[C@H](O)[C@H](O)[C@@H]1CNc2nc(N)[nH]c(=O)c2N1.O=S(=O)(O)O. The molecule has 1 aromatic rings. The molecule has 13 heteroatoms. The number of nitrogen functional groups attached to an aromatic ring is 1. The smallest absolute Gasteiger partial charge is 0.391 e. The number of nitrogens with zero attached hydrogens (tertiary/aromatic N) is 1. The Kier molecular flexibility index (Phi) is 5.67. The minimum absolute atomic E-state index is 0.0255. The maximum absolute atomic E-state index is 11.6. The second-order valence-corrected chi connectivity index (χ2v) is 5.38. The fraction of sp³-hybridized carbons (Fsp3) is 0.556. The van der Waals surface area contributed by atoms with Crippen molar-refractivity contribution in [3.05, 3.63) is 10.4 Å². The Hall–Kier alpha value is -1.93. The average Bonchev–Trinajstić information content (AvgIpc) is 2.35. The summed E-state index contributed by atoms with van der Waals surface area (Å²) in [4.78, 5) is 17.9. The fourth-order valence-electron chi connectivity index (χ4n) is 1.74. The maximum Gasteiger partial charge on any atom is 0.394 e. The number of anilines is 3. The van der Waals surface area contributed by atoms with Crippen LogP contribution in [0.1, 0.15) is 6.92 Å². The molecular formula is C9H17N5O7S. The van der Waals surface area contributed by atoms with Crippen LogP contribution in [0.2, 0.25) is 0 Å². The van der Waals surface area contributed by atoms with Crippen molar-refractivity contribution in [2.24, 2.45) is 0 Å². The van der Waals surface area contributed by atoms with Gasteiger partial charge >= 0.3 is 10.4 Å². The lowest BCUT2D eigenvalue weighted by Gasteiger charge is -2.31. The van der Waals surface area contributed by atoms with E-state index >= 15 is 0 Å². The number of aromatic amines is 1. The number of aromatic nitrogens is 2. The number of hydrogen-bond acceptors (Lipinski definition) is 9. The molecule has 0 fully saturated rings. The normalized spacial score (nSPS) is 19.6. The number of nitrogens with one attached hydrogen (secondary N) is 3. The summed E-state index contributed by atoms with van der Waals surface area (Å²) in [7, 11) is -4.67. The van der Waals surface area contributed by atoms with Crippen LogP contribution in [0.4, 0.5) is 17.5 Å². The molecule has 2 heterocycles. The number of rotatable bonds is 2. The zero-order valence-electron chi connectivity index (χ0n) is 11.4. The molecule has 0 aliphatic carbocycles. The molecule has 22 heavy (non-hydrogen) atoms. The zero-order valence-corrected chi connectivity index (χ0v) is 12.2. The van der Waals surface area contributed by atoms with E-state index in [-0.39, 0.29) is 11.6 Å². The average molecular weight is 339 g/mol. The minimum atomic E-state index is -4.67. The summed E-state index contributed by atoms with van der Waals surface area (Å²) in [6.07, 6.45) is -1.87. The Morgan fingerprint density at radius 2 is 1.91 bits per heavy atom. The molecule has 0 amide bonds. The minimum Gasteiger partial charge on any atom is -0.391 e. The quantitative estimate of drug-likeness (QED) is 0.267. The van der Waals surface area contributed by atoms with E-state index in [9.17, 15) is 15.0 Å². The first-order valence-corrected chi connectivity index (χ1v) is 7.35. The van der Waals surface area contributed by atoms with E-state index in [1.807, 2.05) is 0 Å². The number of H-pyrrole nitrogens is 1. The number of aliphatic hydroxyl groups excluding tert-OH is 2. The molecule has 0 aromatic carbocycles. The number of fused-ring (bicyclic) bond motifs is 1. The molecular weight excluding hydrogens is 322 g/mol. The number of nitrogens with two attached hydrogens (primary N) is 1. The predicted octanol–water partition coefficient (Wildman–Crippen LogP) is -2.35. The van der Waals surface area contributed by atoms with Gasteiger partial charge in [-0.25, -0.2) is 0 Å². The highest BCUT2D eigenvalue weighted by Gasteiger charge is 2.29. The van der Waals surface area contributed by atoms with Gasteiger partial charge in [0.1, 0.15) is 11.8 Å². The van der Waals surface area contributed by atoms with E-state index in [1.54, 1.807) is 0 Å². The second-order valence-electron chi connectivity index (χ2n) is 4.49. The summed E-state index contributed by atoms with van der Waals surface area (Å²) in [5.41, 5.74) is 5.20. The Bertz CT molecular complexity index is 665. The molecule has 9 N–H and O–H groups in total. The molecule has 2 rings (SSSR count). The monoisotopic (exact) mass is 339 g/mol. The molecule has 1 aliphatic heterocycles. The number of hydrogen-bond donors (Lipinski definition) is 8. The second kappa shape index (κ2) is 6.89. The van der Waals surface area contributed by atoms with Gasteiger partial charge in [-0.1, -0.05) is 0 Å². The van der Waals surface area contributed by atoms with Gasteiger partial charge in [-0.05, 0) is 6.92 Å². The van der Waals surface area contributed by atoms with Gasteiger partial charge in [0.05, 0.1) is 12.1 Å². The molecule has 126 valence electrons. The van der Waals surface area contributed by atoms with Gasteiger partial charge in [0, 0.05) is 6.54 Å². The Morgan fingerprint density at radius 3 is 2.41 bits per heavy atom. The standard InChI is InChI=1S/C9H15N5O3.H2O4S/c1-3(15)6(16)4-2-11-7-5(12-4)8(17)14-9(10)13-7;1-5(2,3)4/h3-4,6,12,15-16H,2H2,1H3,(H4,10,11,13,14,17);(H2,1,2,3,4)/t3-,4-,6-;/m0./s1. The molecule has 1 aliphatic rings. The summed E-state index contributed by atoms with van der Waals surface area (Å²) < 4.78 is 31.6. The molecule has 0 saturated heterocycles. The van der Waals surface area contributed by atoms with Crippen molar-refractivity contribution in [3.8, 4) is 0 Å². The lowest BCUT2D eigenvalue weighted by atomic mass is 10.0. The van der Waals surface area contributed by atoms with Crippen molar-refractivity contribution in [1.82, 2.24) is 9.97 Å². The molecule has 0 bridgehead atoms. The van der Waals surface area contributed by atoms with E-state index in [4.69, 9.17) is 23.3 Å². The zero-order chi connectivity index (χ0) is 17.1. The van der Waals surface area contributed by atoms with Crippen LogP contribution in [0, 0.1) is 0 Å². The first-order chi connectivity index (χ1) is 9.99. The van der Waals surface area contributed by atoms with Gasteiger partial charge in [0.2, 0.25) is 5.95 Å². The van der Waals surface area contributed by atoms with Gasteiger partial charge in [-0.15, -0.1) is 0 Å². The summed E-state index contributed by atoms with van der Waals surface area (Å²) in [6, 6.07) is -0.464. The van der Waals surface area contributed by atoms with E-state index < -0.39 is 34.2 Å². The van der Waals surface area contributed by atoms with Crippen molar-refractivity contribution in [2.75, 3.05) is 22.9 Å². The van der Waals surface area contributed by atoms with Crippen molar-refractivity contribution in [1.29, 1.82) is 0 Å². The summed E-state index contributed by atoms with van der Waals surface area (Å²) >= 11 is 0. The largest absolute Gasteiger partial charge is 0.394 e. The van der Waals surface area contributed by atoms with Gasteiger partial charge < -0.3 is 26.6 Å². The van der Waals surface area contributed by atoms with E-state index in [1.165, 1.54) is 6.92 Å². The topological polar surface area (TPSA) is 211 Å². The van der Waals surface area contributed by atoms with Crippen molar-refractivity contribution in [2.45, 2.75) is 25.2 Å². The van der Waals surface area contributed by atoms with Gasteiger partial charge in [-0.2, -0.15) is 13.4 Å². The van der Waals surface area contributed by atoms with Gasteiger partial charge in [-0.3, -0.25) is 18.9 Å². The van der Waals surface area contributed by atoms with Crippen molar-refractivity contribution < 1.29 is 27.7 Å². The molecule has 12 nitrogen and oxygen atoms in total. The van der Waals surface area contributed by atoms with Crippen LogP contribution in [0.25, 0.3) is 0 Å². The molecule has 0 spiro atoms. The van der Waals surface area contributed by atoms with Crippen molar-refractivity contribution >= 4 is 27.9 Å². The van der Waals surface area contributed by atoms with Crippen LogP contribution in [0.3, 0.4) is 0 Å². The summed E-state index contributed by atoms with van der Waals surface area (Å²) in [6.45, 7) is 1.82. The van der Waals surface area contributed by atoms with Crippen molar-refractivity contribution in [3.63, 3.8) is 0 Å². The maximum atomic E-state index is 11.6. The van der Waals surface area contributed by atoms with Crippen LogP contribution in [-0.4, -0.2) is 62.5 Å². The van der Waals surface area contributed by atoms with Crippen LogP contribution < -0.4 is 21.9 Å². The van der Waals surface area contributed by atoms with E-state index in [0.717, 1.165) is 0 Å². The molecule has 1 aromatic heterocycles. The highest BCUT2D eigenvalue weighted by Crippen LogP contribution is 2.21. The molecule has 0 radical (unpaired) electrons. The van der Waals surface area contributed by atoms with E-state index in [2.05, 4.69) is 20.6 Å². The Labute approximate surface area is 125 Å². The first-order valence-electron chi connectivity index (χ1n) is 5.95. The third kappa shape index (κ3) is 5.45. The third-order valence-electron chi connectivity index (χ3n) is 2.66. The Balaban J connectivity index is 0.000000422. The predicted molar refractivity (Wildman–Crippen MR) is 77.0 cm³/mol. The highest BCUT2D eigenvalue weighted by atomic mass is 32.3. The lowest BCUT2D eigenvalue weighted by Crippen LogP contribution is -2.48. The Morgan fingerprint density at radius 1 is 1.36 bits per heavy atom. The van der Waals surface area contributed by atoms with Gasteiger partial charge in [0.25, 0.3) is 5.56 Å². The summed E-state index contributed by atoms with van der Waals surface area (Å²) in [5, 5.41) is 24.7. The van der Waals surface area contributed by atoms with Crippen LogP contribution in [0.15, 0.2) is 4.79 Å². The first kappa shape index (κ1) is 18.1. The van der Waals surface area contributed by atoms with Crippen LogP contribution in [-0.2, 0) is 10.4 Å². The fourth-order valence-corrected chi connectivity index (χ4v) is 1.74. The number of aliphatic hydroxyl groups is 2. The van der Waals surface area contributed by atoms with E-state index in [0.29, 0.717) is 12.4 Å². The molecule has 0 unspecified atom stereocenters. The molecule has 0 saturated carbocycles. The lowest BCUT2D eigenvalue weighted by molar-refractivity contribution is 0.0214. The van der Waals surface area contributed by atoms with Crippen LogP contribution in [0.5, 0.6) is 0 Å². The third-order valence-corrected chi connectivity index (χ3v) is 2.66. The summed E-state index contributed by atoms with van der Waals surface area (Å²) in [5.74, 6) is 0.373. The molecule has 3 atom stereocenters.